The maximum Gasteiger partial charge on any atom is -0.0187 e. The van der Waals surface area contributed by atoms with E-state index in [1.54, 1.807) is 0 Å². The van der Waals surface area contributed by atoms with Gasteiger partial charge in [0, 0.05) is 0 Å². The van der Waals surface area contributed by atoms with Crippen LogP contribution < -0.4 is 0 Å². The van der Waals surface area contributed by atoms with Crippen LogP contribution in [0.15, 0.2) is 0 Å². The predicted octanol–water partition coefficient (Wildman–Crippen LogP) is 4.31. The lowest BCUT2D eigenvalue weighted by Gasteiger charge is -2.71. The molecular weight excluding hydrogens is 168 g/mol. The molecule has 2 bridgehead atoms. The maximum atomic E-state index is 4.44. The Morgan fingerprint density at radius 1 is 1.36 bits per heavy atom. The van der Waals surface area contributed by atoms with Crippen LogP contribution in [0.1, 0.15) is 53.4 Å². The molecule has 3 rings (SSSR count). The van der Waals surface area contributed by atoms with Crippen molar-refractivity contribution >= 4 is 0 Å². The Hall–Kier alpha value is 0. The first kappa shape index (κ1) is 10.5. The molecule has 0 aliphatic heterocycles. The van der Waals surface area contributed by atoms with Crippen molar-refractivity contribution in [3.8, 4) is 0 Å². The van der Waals surface area contributed by atoms with Gasteiger partial charge < -0.3 is 0 Å². The molecule has 4 unspecified atom stereocenters. The Morgan fingerprint density at radius 2 is 2.00 bits per heavy atom. The van der Waals surface area contributed by atoms with Crippen LogP contribution >= 0.6 is 0 Å². The highest BCUT2D eigenvalue weighted by atomic mass is 14.7. The molecule has 0 aromatic rings. The third-order valence-corrected chi connectivity index (χ3v) is 5.85. The van der Waals surface area contributed by atoms with Crippen LogP contribution in [-0.2, 0) is 0 Å². The second-order valence-corrected chi connectivity index (χ2v) is 6.25. The fourth-order valence-electron chi connectivity index (χ4n) is 4.64. The van der Waals surface area contributed by atoms with Gasteiger partial charge in [0.05, 0.1) is 0 Å². The standard InChI is InChI=1S/C14H25/c1-6-10(2)14-9-12(13(14,4)5)8-7-11(14)3/h10-12H,2,6-9H2,1,3-5H3. The topological polar surface area (TPSA) is 0 Å². The summed E-state index contributed by atoms with van der Waals surface area (Å²) >= 11 is 0. The summed E-state index contributed by atoms with van der Waals surface area (Å²) in [6.07, 6.45) is 5.62. The molecular formula is C14H25. The largest absolute Gasteiger partial charge is 0.0651 e. The summed E-state index contributed by atoms with van der Waals surface area (Å²) in [5, 5.41) is 0. The average Bonchev–Trinajstić information content (AvgIpc) is 2.16. The zero-order chi connectivity index (χ0) is 10.6. The summed E-state index contributed by atoms with van der Waals surface area (Å²) in [7, 11) is 0. The minimum absolute atomic E-state index is 0.563. The number of hydrogen-bond donors (Lipinski definition) is 0. The Morgan fingerprint density at radius 3 is 2.43 bits per heavy atom. The number of fused-ring (bicyclic) bond motifs is 2. The van der Waals surface area contributed by atoms with Crippen molar-refractivity contribution < 1.29 is 0 Å². The second-order valence-electron chi connectivity index (χ2n) is 6.25. The summed E-state index contributed by atoms with van der Waals surface area (Å²) < 4.78 is 0. The lowest BCUT2D eigenvalue weighted by atomic mass is 9.34. The Bertz CT molecular complexity index is 222. The van der Waals surface area contributed by atoms with Crippen LogP contribution in [0.5, 0.6) is 0 Å². The van der Waals surface area contributed by atoms with Gasteiger partial charge in [-0.1, -0.05) is 34.1 Å². The maximum absolute atomic E-state index is 4.44. The van der Waals surface area contributed by atoms with E-state index in [1.807, 2.05) is 0 Å². The molecule has 0 spiro atoms. The Balaban J connectivity index is 2.31. The molecule has 0 aromatic carbocycles. The van der Waals surface area contributed by atoms with E-state index in [0.717, 1.165) is 11.8 Å². The quantitative estimate of drug-likeness (QED) is 0.613. The first-order valence-corrected chi connectivity index (χ1v) is 6.30. The molecule has 3 saturated carbocycles. The molecule has 0 nitrogen and oxygen atoms in total. The molecule has 0 aromatic heterocycles. The molecule has 0 heteroatoms. The van der Waals surface area contributed by atoms with Gasteiger partial charge in [-0.3, -0.25) is 0 Å². The van der Waals surface area contributed by atoms with Crippen molar-refractivity contribution in [2.75, 3.05) is 0 Å². The van der Waals surface area contributed by atoms with Gasteiger partial charge in [-0.2, -0.15) is 0 Å². The van der Waals surface area contributed by atoms with E-state index in [9.17, 15) is 0 Å². The highest BCUT2D eigenvalue weighted by Gasteiger charge is 2.65. The average molecular weight is 193 g/mol. The van der Waals surface area contributed by atoms with E-state index in [2.05, 4.69) is 34.6 Å². The van der Waals surface area contributed by atoms with Gasteiger partial charge in [0.15, 0.2) is 0 Å². The molecule has 3 aliphatic carbocycles. The van der Waals surface area contributed by atoms with Crippen molar-refractivity contribution in [1.29, 1.82) is 0 Å². The van der Waals surface area contributed by atoms with E-state index in [1.165, 1.54) is 25.7 Å². The molecule has 0 N–H and O–H groups in total. The molecule has 4 atom stereocenters. The van der Waals surface area contributed by atoms with Gasteiger partial charge >= 0.3 is 0 Å². The summed E-state index contributed by atoms with van der Waals surface area (Å²) in [6.45, 7) is 14.2. The Labute approximate surface area is 89.5 Å². The van der Waals surface area contributed by atoms with Gasteiger partial charge in [0.25, 0.3) is 0 Å². The van der Waals surface area contributed by atoms with Gasteiger partial charge in [0.2, 0.25) is 0 Å². The van der Waals surface area contributed by atoms with Crippen LogP contribution in [-0.4, -0.2) is 0 Å². The fourth-order valence-corrected chi connectivity index (χ4v) is 4.64. The van der Waals surface area contributed by atoms with Crippen LogP contribution in [0.3, 0.4) is 0 Å². The third kappa shape index (κ3) is 0.955. The van der Waals surface area contributed by atoms with Gasteiger partial charge in [0.1, 0.15) is 0 Å². The molecule has 14 heavy (non-hydrogen) atoms. The van der Waals surface area contributed by atoms with E-state index >= 15 is 0 Å². The summed E-state index contributed by atoms with van der Waals surface area (Å²) in [5.41, 5.74) is 1.14. The minimum Gasteiger partial charge on any atom is -0.0651 e. The van der Waals surface area contributed by atoms with Crippen LogP contribution in [0.4, 0.5) is 0 Å². The van der Waals surface area contributed by atoms with Crippen LogP contribution in [0, 0.1) is 35.5 Å². The van der Waals surface area contributed by atoms with E-state index < -0.39 is 0 Å². The molecule has 81 valence electrons. The molecule has 0 heterocycles. The third-order valence-electron chi connectivity index (χ3n) is 5.85. The summed E-state index contributed by atoms with van der Waals surface area (Å²) in [5.74, 6) is 2.56. The first-order chi connectivity index (χ1) is 6.46. The zero-order valence-corrected chi connectivity index (χ0v) is 10.3. The van der Waals surface area contributed by atoms with Crippen LogP contribution in [0.25, 0.3) is 0 Å². The summed E-state index contributed by atoms with van der Waals surface area (Å²) in [6, 6.07) is 0. The molecule has 1 radical (unpaired) electrons. The van der Waals surface area contributed by atoms with Crippen molar-refractivity contribution in [3.05, 3.63) is 6.92 Å². The Kier molecular flexibility index (Phi) is 2.25. The minimum atomic E-state index is 0.563. The van der Waals surface area contributed by atoms with Crippen LogP contribution in [0.2, 0.25) is 0 Å². The van der Waals surface area contributed by atoms with Crippen molar-refractivity contribution in [1.82, 2.24) is 0 Å². The molecule has 3 aliphatic rings. The SMILES string of the molecule is [CH2]C(CC)C12CC(CCC1C)C2(C)C. The van der Waals surface area contributed by atoms with Gasteiger partial charge in [-0.15, -0.1) is 0 Å². The first-order valence-electron chi connectivity index (χ1n) is 6.30. The van der Waals surface area contributed by atoms with Gasteiger partial charge in [-0.05, 0) is 54.8 Å². The fraction of sp³-hybridized carbons (Fsp3) is 0.929. The van der Waals surface area contributed by atoms with E-state index in [0.29, 0.717) is 16.7 Å². The highest BCUT2D eigenvalue weighted by Crippen LogP contribution is 2.72. The number of rotatable bonds is 2. The normalized spacial score (nSPS) is 46.9. The highest BCUT2D eigenvalue weighted by molar-refractivity contribution is 5.15. The molecule has 0 amide bonds. The smallest absolute Gasteiger partial charge is 0.0187 e. The van der Waals surface area contributed by atoms with Gasteiger partial charge in [-0.25, -0.2) is 0 Å². The zero-order valence-electron chi connectivity index (χ0n) is 10.3. The van der Waals surface area contributed by atoms with Crippen molar-refractivity contribution in [2.24, 2.45) is 28.6 Å². The molecule has 0 saturated heterocycles. The lowest BCUT2D eigenvalue weighted by Crippen LogP contribution is -2.64. The van der Waals surface area contributed by atoms with E-state index in [4.69, 9.17) is 0 Å². The summed E-state index contributed by atoms with van der Waals surface area (Å²) in [4.78, 5) is 0. The van der Waals surface area contributed by atoms with Crippen molar-refractivity contribution in [2.45, 2.75) is 53.4 Å². The predicted molar refractivity (Wildman–Crippen MR) is 61.9 cm³/mol. The molecule has 3 fully saturated rings. The second kappa shape index (κ2) is 3.00. The number of hydrogen-bond acceptors (Lipinski definition) is 0. The lowest BCUT2D eigenvalue weighted by molar-refractivity contribution is -0.218. The van der Waals surface area contributed by atoms with Crippen molar-refractivity contribution in [3.63, 3.8) is 0 Å². The monoisotopic (exact) mass is 193 g/mol. The van der Waals surface area contributed by atoms with E-state index in [-0.39, 0.29) is 0 Å².